The Hall–Kier alpha value is -1.61. The number of rotatable bonds is 2. The zero-order chi connectivity index (χ0) is 9.97. The van der Waals surface area contributed by atoms with E-state index in [0.29, 0.717) is 0 Å². The van der Waals surface area contributed by atoms with Gasteiger partial charge < -0.3 is 5.11 Å². The standard InChI is InChI=1S/C11H12N2O/c1-9-3-4-10(8-14)7-11(9)13-6-2-5-12-13/h2-7,14H,8H2,1H3. The molecule has 0 aliphatic heterocycles. The van der Waals surface area contributed by atoms with Gasteiger partial charge in [0.1, 0.15) is 0 Å². The number of aromatic nitrogens is 2. The zero-order valence-electron chi connectivity index (χ0n) is 8.01. The molecule has 0 amide bonds. The van der Waals surface area contributed by atoms with E-state index in [9.17, 15) is 0 Å². The van der Waals surface area contributed by atoms with Crippen molar-refractivity contribution in [2.24, 2.45) is 0 Å². The van der Waals surface area contributed by atoms with Crippen molar-refractivity contribution < 1.29 is 5.11 Å². The lowest BCUT2D eigenvalue weighted by Crippen LogP contribution is -1.98. The van der Waals surface area contributed by atoms with Crippen molar-refractivity contribution in [3.63, 3.8) is 0 Å². The number of aliphatic hydroxyl groups excluding tert-OH is 1. The first-order chi connectivity index (χ1) is 6.81. The van der Waals surface area contributed by atoms with Crippen LogP contribution in [0.3, 0.4) is 0 Å². The number of benzene rings is 1. The summed E-state index contributed by atoms with van der Waals surface area (Å²) >= 11 is 0. The normalized spacial score (nSPS) is 10.4. The van der Waals surface area contributed by atoms with E-state index in [4.69, 9.17) is 5.11 Å². The highest BCUT2D eigenvalue weighted by Crippen LogP contribution is 2.15. The van der Waals surface area contributed by atoms with Gasteiger partial charge in [-0.15, -0.1) is 0 Å². The Morgan fingerprint density at radius 2 is 2.29 bits per heavy atom. The fraction of sp³-hybridized carbons (Fsp3) is 0.182. The Balaban J connectivity index is 2.51. The predicted octanol–water partition coefficient (Wildman–Crippen LogP) is 1.67. The van der Waals surface area contributed by atoms with E-state index in [1.165, 1.54) is 0 Å². The average Bonchev–Trinajstić information content (AvgIpc) is 2.71. The van der Waals surface area contributed by atoms with Crippen molar-refractivity contribution in [1.29, 1.82) is 0 Å². The van der Waals surface area contributed by atoms with Crippen molar-refractivity contribution in [3.8, 4) is 5.69 Å². The monoisotopic (exact) mass is 188 g/mol. The molecule has 3 heteroatoms. The van der Waals surface area contributed by atoms with Crippen LogP contribution in [0.4, 0.5) is 0 Å². The largest absolute Gasteiger partial charge is 0.392 e. The summed E-state index contributed by atoms with van der Waals surface area (Å²) in [5.74, 6) is 0. The maximum Gasteiger partial charge on any atom is 0.0682 e. The van der Waals surface area contributed by atoms with Crippen molar-refractivity contribution >= 4 is 0 Å². The van der Waals surface area contributed by atoms with Crippen LogP contribution in [0.2, 0.25) is 0 Å². The molecule has 0 atom stereocenters. The van der Waals surface area contributed by atoms with Crippen LogP contribution in [0, 0.1) is 6.92 Å². The van der Waals surface area contributed by atoms with E-state index in [2.05, 4.69) is 5.10 Å². The number of aliphatic hydroxyl groups is 1. The molecule has 72 valence electrons. The van der Waals surface area contributed by atoms with Gasteiger partial charge in [-0.2, -0.15) is 5.10 Å². The van der Waals surface area contributed by atoms with Crippen LogP contribution in [0.5, 0.6) is 0 Å². The molecule has 0 saturated carbocycles. The van der Waals surface area contributed by atoms with Gasteiger partial charge in [0.25, 0.3) is 0 Å². The smallest absolute Gasteiger partial charge is 0.0682 e. The minimum atomic E-state index is 0.0640. The topological polar surface area (TPSA) is 38.0 Å². The first-order valence-electron chi connectivity index (χ1n) is 4.51. The van der Waals surface area contributed by atoms with E-state index >= 15 is 0 Å². The molecular formula is C11H12N2O. The lowest BCUT2D eigenvalue weighted by molar-refractivity contribution is 0.282. The van der Waals surface area contributed by atoms with Gasteiger partial charge in [-0.25, -0.2) is 4.68 Å². The van der Waals surface area contributed by atoms with Gasteiger partial charge in [0.15, 0.2) is 0 Å². The molecule has 0 radical (unpaired) electrons. The van der Waals surface area contributed by atoms with Crippen molar-refractivity contribution in [3.05, 3.63) is 47.8 Å². The van der Waals surface area contributed by atoms with Crippen LogP contribution in [0.25, 0.3) is 5.69 Å². The second kappa shape index (κ2) is 3.64. The summed E-state index contributed by atoms with van der Waals surface area (Å²) in [6, 6.07) is 7.73. The van der Waals surface area contributed by atoms with Crippen molar-refractivity contribution in [1.82, 2.24) is 9.78 Å². The number of hydrogen-bond acceptors (Lipinski definition) is 2. The Morgan fingerprint density at radius 3 is 2.93 bits per heavy atom. The summed E-state index contributed by atoms with van der Waals surface area (Å²) in [4.78, 5) is 0. The Labute approximate surface area is 82.6 Å². The molecule has 0 bridgehead atoms. The third-order valence-electron chi connectivity index (χ3n) is 2.21. The van der Waals surface area contributed by atoms with Crippen LogP contribution in [0.15, 0.2) is 36.7 Å². The molecule has 1 aromatic heterocycles. The van der Waals surface area contributed by atoms with Crippen LogP contribution in [-0.2, 0) is 6.61 Å². The first kappa shape index (κ1) is 8.97. The second-order valence-electron chi connectivity index (χ2n) is 3.23. The molecule has 0 spiro atoms. The lowest BCUT2D eigenvalue weighted by Gasteiger charge is -2.07. The fourth-order valence-corrected chi connectivity index (χ4v) is 1.41. The third-order valence-corrected chi connectivity index (χ3v) is 2.21. The van der Waals surface area contributed by atoms with Gasteiger partial charge in [0.05, 0.1) is 12.3 Å². The van der Waals surface area contributed by atoms with Crippen LogP contribution in [0.1, 0.15) is 11.1 Å². The SMILES string of the molecule is Cc1ccc(CO)cc1-n1cccn1. The number of hydrogen-bond donors (Lipinski definition) is 1. The molecule has 1 aromatic carbocycles. The highest BCUT2D eigenvalue weighted by atomic mass is 16.3. The Morgan fingerprint density at radius 1 is 1.43 bits per heavy atom. The Bertz CT molecular complexity index is 421. The molecule has 0 aliphatic carbocycles. The number of nitrogens with zero attached hydrogens (tertiary/aromatic N) is 2. The fourth-order valence-electron chi connectivity index (χ4n) is 1.41. The minimum absolute atomic E-state index is 0.0640. The van der Waals surface area contributed by atoms with Crippen LogP contribution >= 0.6 is 0 Å². The predicted molar refractivity (Wildman–Crippen MR) is 54.2 cm³/mol. The third kappa shape index (κ3) is 1.54. The van der Waals surface area contributed by atoms with Crippen LogP contribution < -0.4 is 0 Å². The molecule has 3 nitrogen and oxygen atoms in total. The molecule has 0 aliphatic rings. The van der Waals surface area contributed by atoms with Gasteiger partial charge in [0, 0.05) is 12.4 Å². The minimum Gasteiger partial charge on any atom is -0.392 e. The molecule has 1 N–H and O–H groups in total. The summed E-state index contributed by atoms with van der Waals surface area (Å²) in [5.41, 5.74) is 3.06. The van der Waals surface area contributed by atoms with Gasteiger partial charge >= 0.3 is 0 Å². The highest BCUT2D eigenvalue weighted by Gasteiger charge is 2.01. The molecule has 1 heterocycles. The maximum absolute atomic E-state index is 9.02. The van der Waals surface area contributed by atoms with E-state index in [1.54, 1.807) is 10.9 Å². The molecule has 2 rings (SSSR count). The van der Waals surface area contributed by atoms with Gasteiger partial charge in [-0.05, 0) is 30.2 Å². The van der Waals surface area contributed by atoms with Gasteiger partial charge in [-0.3, -0.25) is 0 Å². The molecule has 0 saturated heterocycles. The Kier molecular flexibility index (Phi) is 2.33. The van der Waals surface area contributed by atoms with E-state index in [0.717, 1.165) is 16.8 Å². The summed E-state index contributed by atoms with van der Waals surface area (Å²) < 4.78 is 1.80. The summed E-state index contributed by atoms with van der Waals surface area (Å²) in [5, 5.41) is 13.2. The lowest BCUT2D eigenvalue weighted by atomic mass is 10.1. The molecule has 0 unspecified atom stereocenters. The first-order valence-corrected chi connectivity index (χ1v) is 4.51. The van der Waals surface area contributed by atoms with Crippen LogP contribution in [-0.4, -0.2) is 14.9 Å². The maximum atomic E-state index is 9.02. The molecule has 2 aromatic rings. The summed E-state index contributed by atoms with van der Waals surface area (Å²) in [6.07, 6.45) is 3.63. The summed E-state index contributed by atoms with van der Waals surface area (Å²) in [6.45, 7) is 2.09. The van der Waals surface area contributed by atoms with Gasteiger partial charge in [0.2, 0.25) is 0 Å². The quantitative estimate of drug-likeness (QED) is 0.778. The molecule has 0 fully saturated rings. The number of aryl methyl sites for hydroxylation is 1. The van der Waals surface area contributed by atoms with E-state index < -0.39 is 0 Å². The molecular weight excluding hydrogens is 176 g/mol. The van der Waals surface area contributed by atoms with Crippen molar-refractivity contribution in [2.45, 2.75) is 13.5 Å². The van der Waals surface area contributed by atoms with Gasteiger partial charge in [-0.1, -0.05) is 12.1 Å². The molecule has 14 heavy (non-hydrogen) atoms. The van der Waals surface area contributed by atoms with E-state index in [1.807, 2.05) is 37.4 Å². The van der Waals surface area contributed by atoms with E-state index in [-0.39, 0.29) is 6.61 Å². The van der Waals surface area contributed by atoms with Crippen molar-refractivity contribution in [2.75, 3.05) is 0 Å². The highest BCUT2D eigenvalue weighted by molar-refractivity contribution is 5.42. The zero-order valence-corrected chi connectivity index (χ0v) is 8.01. The average molecular weight is 188 g/mol. The summed E-state index contributed by atoms with van der Waals surface area (Å²) in [7, 11) is 0. The second-order valence-corrected chi connectivity index (χ2v) is 3.23.